The van der Waals surface area contributed by atoms with E-state index in [1.165, 1.54) is 19.3 Å². The number of rotatable bonds is 4. The molecule has 1 saturated heterocycles. The van der Waals surface area contributed by atoms with E-state index < -0.39 is 0 Å². The number of carbonyl (C=O) groups is 1. The molecule has 2 aliphatic rings. The third-order valence-electron chi connectivity index (χ3n) is 4.76. The van der Waals surface area contributed by atoms with Gasteiger partial charge >= 0.3 is 0 Å². The second kappa shape index (κ2) is 6.85. The van der Waals surface area contributed by atoms with Gasteiger partial charge < -0.3 is 9.64 Å². The fraction of sp³-hybridized carbons (Fsp3) is 0.938. The van der Waals surface area contributed by atoms with Gasteiger partial charge in [0.1, 0.15) is 5.78 Å². The van der Waals surface area contributed by atoms with E-state index in [9.17, 15) is 4.79 Å². The number of hydrogen-bond donors (Lipinski definition) is 0. The van der Waals surface area contributed by atoms with Crippen molar-refractivity contribution >= 4 is 5.78 Å². The quantitative estimate of drug-likeness (QED) is 0.784. The van der Waals surface area contributed by atoms with Gasteiger partial charge in [-0.2, -0.15) is 0 Å². The Kier molecular flexibility index (Phi) is 5.40. The second-order valence-electron chi connectivity index (χ2n) is 6.90. The highest BCUT2D eigenvalue weighted by molar-refractivity contribution is 5.82. The number of hydrogen-bond acceptors (Lipinski definition) is 3. The molecule has 0 spiro atoms. The molecule has 19 heavy (non-hydrogen) atoms. The van der Waals surface area contributed by atoms with Gasteiger partial charge in [0, 0.05) is 32.0 Å². The van der Waals surface area contributed by atoms with Crippen molar-refractivity contribution in [3.63, 3.8) is 0 Å². The van der Waals surface area contributed by atoms with Gasteiger partial charge in [-0.1, -0.05) is 13.8 Å². The largest absolute Gasteiger partial charge is 0.381 e. The summed E-state index contributed by atoms with van der Waals surface area (Å²) in [7, 11) is 2.16. The first-order valence-corrected chi connectivity index (χ1v) is 7.85. The molecule has 110 valence electrons. The summed E-state index contributed by atoms with van der Waals surface area (Å²) in [6, 6.07) is 0. The van der Waals surface area contributed by atoms with E-state index in [0.717, 1.165) is 32.7 Å². The first kappa shape index (κ1) is 15.0. The number of ketones is 1. The van der Waals surface area contributed by atoms with Crippen LogP contribution in [0.25, 0.3) is 0 Å². The molecular formula is C16H29NO2. The van der Waals surface area contributed by atoms with Gasteiger partial charge in [0.25, 0.3) is 0 Å². The lowest BCUT2D eigenvalue weighted by atomic mass is 9.74. The Bertz CT molecular complexity index is 299. The molecule has 1 aliphatic heterocycles. The Morgan fingerprint density at radius 2 is 2.11 bits per heavy atom. The molecule has 4 unspecified atom stereocenters. The van der Waals surface area contributed by atoms with Crippen LogP contribution in [0.2, 0.25) is 0 Å². The Morgan fingerprint density at radius 3 is 2.74 bits per heavy atom. The molecule has 0 radical (unpaired) electrons. The van der Waals surface area contributed by atoms with E-state index in [4.69, 9.17) is 4.74 Å². The molecule has 0 aromatic rings. The summed E-state index contributed by atoms with van der Waals surface area (Å²) >= 11 is 0. The smallest absolute Gasteiger partial charge is 0.137 e. The standard InChI is InChI=1S/C16H29NO2/c1-12-7-13(2)15(16(18)8-12)10-17(3)9-14-5-4-6-19-11-14/h12-15H,4-11H2,1-3H3. The van der Waals surface area contributed by atoms with Crippen LogP contribution in [0.5, 0.6) is 0 Å². The van der Waals surface area contributed by atoms with E-state index in [0.29, 0.717) is 23.5 Å². The highest BCUT2D eigenvalue weighted by Crippen LogP contribution is 2.31. The lowest BCUT2D eigenvalue weighted by molar-refractivity contribution is -0.128. The molecule has 0 bridgehead atoms. The Morgan fingerprint density at radius 1 is 1.32 bits per heavy atom. The molecule has 3 heteroatoms. The number of carbonyl (C=O) groups excluding carboxylic acids is 1. The Labute approximate surface area is 117 Å². The van der Waals surface area contributed by atoms with Gasteiger partial charge in [0.15, 0.2) is 0 Å². The van der Waals surface area contributed by atoms with E-state index >= 15 is 0 Å². The van der Waals surface area contributed by atoms with E-state index in [1.54, 1.807) is 0 Å². The zero-order chi connectivity index (χ0) is 13.8. The zero-order valence-electron chi connectivity index (χ0n) is 12.7. The van der Waals surface area contributed by atoms with Crippen LogP contribution in [0.3, 0.4) is 0 Å². The fourth-order valence-corrected chi connectivity index (χ4v) is 3.78. The molecule has 1 aliphatic carbocycles. The molecule has 4 atom stereocenters. The number of Topliss-reactive ketones (excluding diaryl/α,β-unsaturated/α-hetero) is 1. The molecule has 0 aromatic carbocycles. The van der Waals surface area contributed by atoms with Gasteiger partial charge in [-0.15, -0.1) is 0 Å². The summed E-state index contributed by atoms with van der Waals surface area (Å²) in [4.78, 5) is 14.5. The zero-order valence-corrected chi connectivity index (χ0v) is 12.7. The van der Waals surface area contributed by atoms with E-state index in [1.807, 2.05) is 0 Å². The van der Waals surface area contributed by atoms with Crippen LogP contribution in [0.4, 0.5) is 0 Å². The van der Waals surface area contributed by atoms with Crippen LogP contribution in [-0.4, -0.2) is 44.0 Å². The van der Waals surface area contributed by atoms with Crippen LogP contribution in [0.1, 0.15) is 39.5 Å². The number of nitrogens with zero attached hydrogens (tertiary/aromatic N) is 1. The average molecular weight is 267 g/mol. The van der Waals surface area contributed by atoms with Crippen molar-refractivity contribution in [2.24, 2.45) is 23.7 Å². The molecule has 0 N–H and O–H groups in total. The van der Waals surface area contributed by atoms with E-state index in [2.05, 4.69) is 25.8 Å². The highest BCUT2D eigenvalue weighted by Gasteiger charge is 2.33. The van der Waals surface area contributed by atoms with Gasteiger partial charge in [-0.05, 0) is 44.1 Å². The minimum Gasteiger partial charge on any atom is -0.381 e. The van der Waals surface area contributed by atoms with Gasteiger partial charge in [-0.25, -0.2) is 0 Å². The van der Waals surface area contributed by atoms with Crippen LogP contribution < -0.4 is 0 Å². The highest BCUT2D eigenvalue weighted by atomic mass is 16.5. The molecule has 2 fully saturated rings. The van der Waals surface area contributed by atoms with Crippen molar-refractivity contribution in [2.45, 2.75) is 39.5 Å². The molecule has 0 aromatic heterocycles. The second-order valence-corrected chi connectivity index (χ2v) is 6.90. The summed E-state index contributed by atoms with van der Waals surface area (Å²) in [6.07, 6.45) is 4.45. The normalized spacial score (nSPS) is 36.7. The third kappa shape index (κ3) is 4.28. The molecular weight excluding hydrogens is 238 g/mol. The monoisotopic (exact) mass is 267 g/mol. The summed E-state index contributed by atoms with van der Waals surface area (Å²) in [5, 5.41) is 0. The van der Waals surface area contributed by atoms with Gasteiger partial charge in [0.2, 0.25) is 0 Å². The number of ether oxygens (including phenoxy) is 1. The minimum absolute atomic E-state index is 0.255. The molecule has 3 nitrogen and oxygen atoms in total. The van der Waals surface area contributed by atoms with Crippen LogP contribution in [-0.2, 0) is 9.53 Å². The first-order valence-electron chi connectivity index (χ1n) is 7.85. The molecule has 0 amide bonds. The Hall–Kier alpha value is -0.410. The molecule has 1 saturated carbocycles. The summed E-state index contributed by atoms with van der Waals surface area (Å²) in [6.45, 7) is 8.28. The molecule has 2 rings (SSSR count). The maximum atomic E-state index is 12.2. The summed E-state index contributed by atoms with van der Waals surface area (Å²) in [5.41, 5.74) is 0. The SMILES string of the molecule is CC1CC(=O)C(CN(C)CC2CCCOC2)C(C)C1. The van der Waals surface area contributed by atoms with Crippen LogP contribution in [0.15, 0.2) is 0 Å². The van der Waals surface area contributed by atoms with Gasteiger partial charge in [0.05, 0.1) is 6.61 Å². The van der Waals surface area contributed by atoms with Crippen molar-refractivity contribution in [1.29, 1.82) is 0 Å². The van der Waals surface area contributed by atoms with Crippen molar-refractivity contribution in [3.05, 3.63) is 0 Å². The third-order valence-corrected chi connectivity index (χ3v) is 4.76. The maximum absolute atomic E-state index is 12.2. The maximum Gasteiger partial charge on any atom is 0.137 e. The van der Waals surface area contributed by atoms with E-state index in [-0.39, 0.29) is 5.92 Å². The van der Waals surface area contributed by atoms with Crippen molar-refractivity contribution in [2.75, 3.05) is 33.4 Å². The fourth-order valence-electron chi connectivity index (χ4n) is 3.78. The summed E-state index contributed by atoms with van der Waals surface area (Å²) in [5.74, 6) is 2.52. The predicted octanol–water partition coefficient (Wildman–Crippen LogP) is 2.60. The Balaban J connectivity index is 1.80. The van der Waals surface area contributed by atoms with Crippen LogP contribution in [0, 0.1) is 23.7 Å². The average Bonchev–Trinajstić information content (AvgIpc) is 2.35. The summed E-state index contributed by atoms with van der Waals surface area (Å²) < 4.78 is 5.54. The van der Waals surface area contributed by atoms with Crippen LogP contribution >= 0.6 is 0 Å². The van der Waals surface area contributed by atoms with Crippen molar-refractivity contribution < 1.29 is 9.53 Å². The first-order chi connectivity index (χ1) is 9.06. The minimum atomic E-state index is 0.255. The predicted molar refractivity (Wildman–Crippen MR) is 77.1 cm³/mol. The van der Waals surface area contributed by atoms with Gasteiger partial charge in [-0.3, -0.25) is 4.79 Å². The lowest BCUT2D eigenvalue weighted by Gasteiger charge is -2.35. The topological polar surface area (TPSA) is 29.5 Å². The van der Waals surface area contributed by atoms with Crippen molar-refractivity contribution in [3.8, 4) is 0 Å². The van der Waals surface area contributed by atoms with Crippen molar-refractivity contribution in [1.82, 2.24) is 4.90 Å². The molecule has 1 heterocycles. The lowest BCUT2D eigenvalue weighted by Crippen LogP contribution is -2.41.